The Labute approximate surface area is 155 Å². The van der Waals surface area contributed by atoms with Crippen LogP contribution in [-0.4, -0.2) is 37.7 Å². The number of esters is 1. The van der Waals surface area contributed by atoms with E-state index in [0.717, 1.165) is 6.08 Å². The highest BCUT2D eigenvalue weighted by atomic mass is 19.1. The first kappa shape index (κ1) is 18.4. The Balaban J connectivity index is 1.38. The van der Waals surface area contributed by atoms with Gasteiger partial charge in [-0.25, -0.2) is 9.18 Å². The molecule has 1 aliphatic heterocycles. The standard InChI is InChI=1S/C20H18FNO5/c21-15-5-3-4-14(10-15)8-9-20(24)26-13-19(23)22-11-16-12-25-17-6-1-2-7-18(17)27-16/h1-10,16H,11-13H2,(H,22,23)/b9-8+/t16-/m0/s1. The second-order valence-electron chi connectivity index (χ2n) is 5.80. The number of fused-ring (bicyclic) bond motifs is 1. The summed E-state index contributed by atoms with van der Waals surface area (Å²) in [5.41, 5.74) is 0.520. The smallest absolute Gasteiger partial charge is 0.331 e. The Bertz CT molecular complexity index is 852. The number of benzene rings is 2. The maximum Gasteiger partial charge on any atom is 0.331 e. The first-order valence-electron chi connectivity index (χ1n) is 8.36. The Hall–Kier alpha value is -3.35. The van der Waals surface area contributed by atoms with Crippen molar-refractivity contribution in [2.45, 2.75) is 6.10 Å². The first-order valence-corrected chi connectivity index (χ1v) is 8.36. The summed E-state index contributed by atoms with van der Waals surface area (Å²) in [5, 5.41) is 2.62. The summed E-state index contributed by atoms with van der Waals surface area (Å²) in [4.78, 5) is 23.4. The fraction of sp³-hybridized carbons (Fsp3) is 0.200. The molecule has 0 fully saturated rings. The summed E-state index contributed by atoms with van der Waals surface area (Å²) in [6.07, 6.45) is 2.22. The second-order valence-corrected chi connectivity index (χ2v) is 5.80. The number of amides is 1. The number of hydrogen-bond donors (Lipinski definition) is 1. The first-order chi connectivity index (χ1) is 13.1. The molecule has 0 saturated heterocycles. The monoisotopic (exact) mass is 371 g/mol. The van der Waals surface area contributed by atoms with Gasteiger partial charge >= 0.3 is 5.97 Å². The molecule has 0 spiro atoms. The van der Waals surface area contributed by atoms with Gasteiger partial charge in [-0.3, -0.25) is 4.79 Å². The topological polar surface area (TPSA) is 73.9 Å². The molecule has 1 heterocycles. The third-order valence-corrected chi connectivity index (χ3v) is 3.70. The van der Waals surface area contributed by atoms with Gasteiger partial charge in [-0.1, -0.05) is 24.3 Å². The van der Waals surface area contributed by atoms with Gasteiger partial charge in [0.25, 0.3) is 5.91 Å². The summed E-state index contributed by atoms with van der Waals surface area (Å²) in [7, 11) is 0. The van der Waals surface area contributed by atoms with E-state index in [9.17, 15) is 14.0 Å². The molecule has 140 valence electrons. The number of carbonyl (C=O) groups excluding carboxylic acids is 2. The van der Waals surface area contributed by atoms with E-state index in [1.165, 1.54) is 24.3 Å². The maximum atomic E-state index is 13.0. The Morgan fingerprint density at radius 1 is 1.19 bits per heavy atom. The average molecular weight is 371 g/mol. The third-order valence-electron chi connectivity index (χ3n) is 3.70. The van der Waals surface area contributed by atoms with E-state index in [4.69, 9.17) is 14.2 Å². The molecule has 1 atom stereocenters. The molecule has 2 aromatic carbocycles. The van der Waals surface area contributed by atoms with Crippen molar-refractivity contribution in [3.8, 4) is 11.5 Å². The molecule has 1 aliphatic rings. The second kappa shape index (κ2) is 8.84. The van der Waals surface area contributed by atoms with Crippen LogP contribution in [-0.2, 0) is 14.3 Å². The predicted molar refractivity (Wildman–Crippen MR) is 95.8 cm³/mol. The molecule has 0 radical (unpaired) electrons. The van der Waals surface area contributed by atoms with E-state index >= 15 is 0 Å². The van der Waals surface area contributed by atoms with Crippen LogP contribution in [0.3, 0.4) is 0 Å². The largest absolute Gasteiger partial charge is 0.486 e. The molecule has 6 nitrogen and oxygen atoms in total. The molecule has 1 amide bonds. The van der Waals surface area contributed by atoms with Crippen molar-refractivity contribution in [1.82, 2.24) is 5.32 Å². The van der Waals surface area contributed by atoms with Gasteiger partial charge in [-0.05, 0) is 35.9 Å². The molecular weight excluding hydrogens is 353 g/mol. The molecule has 27 heavy (non-hydrogen) atoms. The van der Waals surface area contributed by atoms with Gasteiger partial charge in [-0.15, -0.1) is 0 Å². The van der Waals surface area contributed by atoms with E-state index in [-0.39, 0.29) is 12.6 Å². The summed E-state index contributed by atoms with van der Waals surface area (Å²) >= 11 is 0. The van der Waals surface area contributed by atoms with Crippen LogP contribution < -0.4 is 14.8 Å². The summed E-state index contributed by atoms with van der Waals surface area (Å²) < 4.78 is 29.2. The van der Waals surface area contributed by atoms with Crippen molar-refractivity contribution < 1.29 is 28.2 Å². The summed E-state index contributed by atoms with van der Waals surface area (Å²) in [6.45, 7) is 0.119. The van der Waals surface area contributed by atoms with Crippen LogP contribution in [0.25, 0.3) is 6.08 Å². The van der Waals surface area contributed by atoms with Crippen LogP contribution in [0.2, 0.25) is 0 Å². The highest BCUT2D eigenvalue weighted by Crippen LogP contribution is 2.30. The van der Waals surface area contributed by atoms with E-state index in [2.05, 4.69) is 5.32 Å². The number of hydrogen-bond acceptors (Lipinski definition) is 5. The van der Waals surface area contributed by atoms with Gasteiger partial charge in [0.2, 0.25) is 0 Å². The Morgan fingerprint density at radius 2 is 2.00 bits per heavy atom. The zero-order valence-corrected chi connectivity index (χ0v) is 14.4. The molecule has 0 aliphatic carbocycles. The fourth-order valence-electron chi connectivity index (χ4n) is 2.40. The van der Waals surface area contributed by atoms with Gasteiger partial charge in [0, 0.05) is 6.08 Å². The highest BCUT2D eigenvalue weighted by molar-refractivity contribution is 5.89. The van der Waals surface area contributed by atoms with Gasteiger partial charge in [0.1, 0.15) is 18.5 Å². The number of halogens is 1. The van der Waals surface area contributed by atoms with E-state index in [0.29, 0.717) is 23.7 Å². The molecule has 0 bridgehead atoms. The van der Waals surface area contributed by atoms with Crippen molar-refractivity contribution in [3.63, 3.8) is 0 Å². The maximum absolute atomic E-state index is 13.0. The lowest BCUT2D eigenvalue weighted by atomic mass is 10.2. The predicted octanol–water partition coefficient (Wildman–Crippen LogP) is 2.34. The minimum Gasteiger partial charge on any atom is -0.486 e. The molecule has 0 unspecified atom stereocenters. The minimum absolute atomic E-state index is 0.226. The molecule has 1 N–H and O–H groups in total. The van der Waals surface area contributed by atoms with Crippen molar-refractivity contribution >= 4 is 18.0 Å². The lowest BCUT2D eigenvalue weighted by molar-refractivity contribution is -0.143. The van der Waals surface area contributed by atoms with Crippen molar-refractivity contribution in [2.75, 3.05) is 19.8 Å². The van der Waals surface area contributed by atoms with Crippen molar-refractivity contribution in [2.24, 2.45) is 0 Å². The van der Waals surface area contributed by atoms with Crippen LogP contribution in [0.4, 0.5) is 4.39 Å². The lowest BCUT2D eigenvalue weighted by Gasteiger charge is -2.26. The minimum atomic E-state index is -0.694. The van der Waals surface area contributed by atoms with Crippen LogP contribution in [0.15, 0.2) is 54.6 Å². The third kappa shape index (κ3) is 5.57. The van der Waals surface area contributed by atoms with Crippen LogP contribution in [0.1, 0.15) is 5.56 Å². The fourth-order valence-corrected chi connectivity index (χ4v) is 2.40. The van der Waals surface area contributed by atoms with E-state index in [1.54, 1.807) is 18.2 Å². The Morgan fingerprint density at radius 3 is 2.81 bits per heavy atom. The number of ether oxygens (including phenoxy) is 3. The van der Waals surface area contributed by atoms with Crippen LogP contribution >= 0.6 is 0 Å². The van der Waals surface area contributed by atoms with E-state index in [1.807, 2.05) is 12.1 Å². The molecule has 3 rings (SSSR count). The Kier molecular flexibility index (Phi) is 6.04. The zero-order chi connectivity index (χ0) is 19.1. The summed E-state index contributed by atoms with van der Waals surface area (Å²) in [5.74, 6) is -0.261. The molecule has 7 heteroatoms. The van der Waals surface area contributed by atoms with Crippen LogP contribution in [0, 0.1) is 5.82 Å². The molecule has 0 saturated carbocycles. The lowest BCUT2D eigenvalue weighted by Crippen LogP contribution is -2.42. The molecule has 0 aromatic heterocycles. The van der Waals surface area contributed by atoms with Gasteiger partial charge in [0.05, 0.1) is 6.54 Å². The normalized spacial score (nSPS) is 15.4. The van der Waals surface area contributed by atoms with Gasteiger partial charge in [-0.2, -0.15) is 0 Å². The van der Waals surface area contributed by atoms with Crippen molar-refractivity contribution in [1.29, 1.82) is 0 Å². The van der Waals surface area contributed by atoms with Crippen molar-refractivity contribution in [3.05, 3.63) is 66.0 Å². The number of nitrogens with one attached hydrogen (secondary N) is 1. The summed E-state index contributed by atoms with van der Waals surface area (Å²) in [6, 6.07) is 13.0. The number of para-hydroxylation sites is 2. The SMILES string of the molecule is O=C(COC(=O)/C=C/c1cccc(F)c1)NC[C@H]1COc2ccccc2O1. The number of rotatable bonds is 6. The average Bonchev–Trinajstić information content (AvgIpc) is 2.69. The molecule has 2 aromatic rings. The van der Waals surface area contributed by atoms with Gasteiger partial charge in [0.15, 0.2) is 18.1 Å². The highest BCUT2D eigenvalue weighted by Gasteiger charge is 2.21. The quantitative estimate of drug-likeness (QED) is 0.623. The molecular formula is C20H18FNO5. The van der Waals surface area contributed by atoms with Gasteiger partial charge < -0.3 is 19.5 Å². The van der Waals surface area contributed by atoms with E-state index < -0.39 is 24.3 Å². The zero-order valence-electron chi connectivity index (χ0n) is 14.4. The van der Waals surface area contributed by atoms with Crippen LogP contribution in [0.5, 0.6) is 11.5 Å². The number of carbonyl (C=O) groups is 2.